The number of carbonyl (C=O) groups excluding carboxylic acids is 1. The molecule has 0 saturated carbocycles. The molecule has 4 rings (SSSR count). The van der Waals surface area contributed by atoms with Crippen molar-refractivity contribution in [3.8, 4) is 17.2 Å². The number of nitrogens with zero attached hydrogens (tertiary/aromatic N) is 4. The van der Waals surface area contributed by atoms with E-state index in [1.165, 1.54) is 4.68 Å². The molecule has 0 N–H and O–H groups in total. The summed E-state index contributed by atoms with van der Waals surface area (Å²) in [6.45, 7) is 7.42. The molecule has 0 radical (unpaired) electrons. The molecule has 0 bridgehead atoms. The molecule has 8 heteroatoms. The van der Waals surface area contributed by atoms with Crippen LogP contribution in [0, 0.1) is 0 Å². The van der Waals surface area contributed by atoms with Gasteiger partial charge in [-0.2, -0.15) is 4.68 Å². The van der Waals surface area contributed by atoms with E-state index in [1.54, 1.807) is 30.3 Å². The Balaban J connectivity index is 1.49. The SMILES string of the molecule is CCOc1ccc(C(=O)N2CCCN(c3ccc(=O)n(-c4ccccc4)n3)CC2)cc1OCC. The number of para-hydroxylation sites is 1. The minimum atomic E-state index is -0.179. The molecule has 3 aromatic rings. The Morgan fingerprint density at radius 3 is 2.41 bits per heavy atom. The standard InChI is InChI=1S/C26H30N4O4/c1-3-33-22-12-11-20(19-23(22)34-4-2)26(32)29-16-8-15-28(17-18-29)24-13-14-25(31)30(27-24)21-9-6-5-7-10-21/h5-7,9-14,19H,3-4,8,15-18H2,1-2H3. The van der Waals surface area contributed by atoms with Crippen molar-refractivity contribution < 1.29 is 14.3 Å². The molecule has 1 fully saturated rings. The zero-order chi connectivity index (χ0) is 23.9. The van der Waals surface area contributed by atoms with Gasteiger partial charge in [-0.1, -0.05) is 18.2 Å². The van der Waals surface area contributed by atoms with Crippen molar-refractivity contribution in [2.45, 2.75) is 20.3 Å². The summed E-state index contributed by atoms with van der Waals surface area (Å²) in [7, 11) is 0. The monoisotopic (exact) mass is 462 g/mol. The minimum absolute atomic E-state index is 0.0342. The summed E-state index contributed by atoms with van der Waals surface area (Å²) in [6.07, 6.45) is 0.799. The molecule has 0 atom stereocenters. The van der Waals surface area contributed by atoms with E-state index in [-0.39, 0.29) is 11.5 Å². The maximum Gasteiger partial charge on any atom is 0.271 e. The summed E-state index contributed by atoms with van der Waals surface area (Å²) in [6, 6.07) is 18.0. The van der Waals surface area contributed by atoms with Crippen molar-refractivity contribution in [3.63, 3.8) is 0 Å². The normalized spacial score (nSPS) is 13.9. The molecule has 1 aromatic heterocycles. The van der Waals surface area contributed by atoms with Crippen LogP contribution < -0.4 is 19.9 Å². The summed E-state index contributed by atoms with van der Waals surface area (Å²) < 4.78 is 12.7. The molecular weight excluding hydrogens is 432 g/mol. The van der Waals surface area contributed by atoms with Crippen LogP contribution in [0.2, 0.25) is 0 Å². The summed E-state index contributed by atoms with van der Waals surface area (Å²) in [5.41, 5.74) is 1.12. The second kappa shape index (κ2) is 10.9. The van der Waals surface area contributed by atoms with Gasteiger partial charge in [0, 0.05) is 37.8 Å². The van der Waals surface area contributed by atoms with E-state index < -0.39 is 0 Å². The second-order valence-corrected chi connectivity index (χ2v) is 7.94. The zero-order valence-corrected chi connectivity index (χ0v) is 19.6. The van der Waals surface area contributed by atoms with Crippen LogP contribution in [0.5, 0.6) is 11.5 Å². The second-order valence-electron chi connectivity index (χ2n) is 7.94. The number of carbonyl (C=O) groups is 1. The van der Waals surface area contributed by atoms with Crippen LogP contribution in [0.4, 0.5) is 5.82 Å². The quantitative estimate of drug-likeness (QED) is 0.536. The molecule has 178 valence electrons. The highest BCUT2D eigenvalue weighted by atomic mass is 16.5. The highest BCUT2D eigenvalue weighted by molar-refractivity contribution is 5.95. The lowest BCUT2D eigenvalue weighted by Crippen LogP contribution is -2.36. The van der Waals surface area contributed by atoms with E-state index in [4.69, 9.17) is 9.47 Å². The van der Waals surface area contributed by atoms with Crippen LogP contribution >= 0.6 is 0 Å². The third-order valence-electron chi connectivity index (χ3n) is 5.68. The van der Waals surface area contributed by atoms with Crippen molar-refractivity contribution in [2.75, 3.05) is 44.3 Å². The van der Waals surface area contributed by atoms with Gasteiger partial charge in [-0.15, -0.1) is 5.10 Å². The third kappa shape index (κ3) is 5.22. The Kier molecular flexibility index (Phi) is 7.47. The molecule has 0 spiro atoms. The fraction of sp³-hybridized carbons (Fsp3) is 0.346. The van der Waals surface area contributed by atoms with Gasteiger partial charge in [0.1, 0.15) is 5.82 Å². The molecule has 1 amide bonds. The Morgan fingerprint density at radius 2 is 1.65 bits per heavy atom. The third-order valence-corrected chi connectivity index (χ3v) is 5.68. The van der Waals surface area contributed by atoms with Gasteiger partial charge >= 0.3 is 0 Å². The number of amides is 1. The van der Waals surface area contributed by atoms with Gasteiger partial charge in [0.2, 0.25) is 0 Å². The maximum absolute atomic E-state index is 13.3. The lowest BCUT2D eigenvalue weighted by Gasteiger charge is -2.23. The number of anilines is 1. The number of hydrogen-bond donors (Lipinski definition) is 0. The Morgan fingerprint density at radius 1 is 0.882 bits per heavy atom. The van der Waals surface area contributed by atoms with Crippen LogP contribution in [0.15, 0.2) is 65.5 Å². The number of benzene rings is 2. The summed E-state index contributed by atoms with van der Waals surface area (Å²) in [5, 5.41) is 4.59. The van der Waals surface area contributed by atoms with E-state index in [2.05, 4.69) is 10.00 Å². The largest absolute Gasteiger partial charge is 0.490 e. The number of hydrogen-bond acceptors (Lipinski definition) is 6. The Bertz CT molecular complexity index is 1180. The van der Waals surface area contributed by atoms with Crippen LogP contribution in [0.3, 0.4) is 0 Å². The predicted molar refractivity (Wildman–Crippen MR) is 131 cm³/mol. The maximum atomic E-state index is 13.3. The highest BCUT2D eigenvalue weighted by Gasteiger charge is 2.22. The number of ether oxygens (including phenoxy) is 2. The van der Waals surface area contributed by atoms with E-state index >= 15 is 0 Å². The number of rotatable bonds is 7. The summed E-state index contributed by atoms with van der Waals surface area (Å²) >= 11 is 0. The molecular formula is C26H30N4O4. The zero-order valence-electron chi connectivity index (χ0n) is 19.6. The van der Waals surface area contributed by atoms with Crippen molar-refractivity contribution in [1.82, 2.24) is 14.7 Å². The molecule has 2 aromatic carbocycles. The van der Waals surface area contributed by atoms with Gasteiger partial charge in [0.25, 0.3) is 11.5 Å². The first-order chi connectivity index (χ1) is 16.6. The van der Waals surface area contributed by atoms with Gasteiger partial charge in [0.05, 0.1) is 18.9 Å². The lowest BCUT2D eigenvalue weighted by molar-refractivity contribution is 0.0766. The van der Waals surface area contributed by atoms with Gasteiger partial charge in [-0.3, -0.25) is 9.59 Å². The molecule has 2 heterocycles. The van der Waals surface area contributed by atoms with E-state index in [0.29, 0.717) is 49.9 Å². The van der Waals surface area contributed by atoms with Crippen molar-refractivity contribution >= 4 is 11.7 Å². The Hall–Kier alpha value is -3.81. The molecule has 34 heavy (non-hydrogen) atoms. The Labute approximate surface area is 199 Å². The average Bonchev–Trinajstić information content (AvgIpc) is 3.12. The molecule has 1 aliphatic rings. The smallest absolute Gasteiger partial charge is 0.271 e. The van der Waals surface area contributed by atoms with E-state index in [0.717, 1.165) is 24.5 Å². The van der Waals surface area contributed by atoms with E-state index in [9.17, 15) is 9.59 Å². The molecule has 0 unspecified atom stereocenters. The van der Waals surface area contributed by atoms with Crippen LogP contribution in [0.1, 0.15) is 30.6 Å². The molecule has 1 aliphatic heterocycles. The topological polar surface area (TPSA) is 76.9 Å². The fourth-order valence-electron chi connectivity index (χ4n) is 4.04. The first-order valence-electron chi connectivity index (χ1n) is 11.7. The first kappa shape index (κ1) is 23.4. The van der Waals surface area contributed by atoms with Crippen molar-refractivity contribution in [1.29, 1.82) is 0 Å². The van der Waals surface area contributed by atoms with Gasteiger partial charge in [-0.25, -0.2) is 0 Å². The van der Waals surface area contributed by atoms with Crippen molar-refractivity contribution in [3.05, 3.63) is 76.6 Å². The van der Waals surface area contributed by atoms with Crippen LogP contribution in [0.25, 0.3) is 5.69 Å². The van der Waals surface area contributed by atoms with Gasteiger partial charge < -0.3 is 19.3 Å². The number of aromatic nitrogens is 2. The molecule has 1 saturated heterocycles. The minimum Gasteiger partial charge on any atom is -0.490 e. The summed E-state index contributed by atoms with van der Waals surface area (Å²) in [5.74, 6) is 1.91. The van der Waals surface area contributed by atoms with E-state index in [1.807, 2.05) is 49.1 Å². The van der Waals surface area contributed by atoms with Crippen LogP contribution in [-0.2, 0) is 0 Å². The summed E-state index contributed by atoms with van der Waals surface area (Å²) in [4.78, 5) is 29.6. The first-order valence-corrected chi connectivity index (χ1v) is 11.7. The lowest BCUT2D eigenvalue weighted by atomic mass is 10.1. The highest BCUT2D eigenvalue weighted by Crippen LogP contribution is 2.29. The average molecular weight is 463 g/mol. The van der Waals surface area contributed by atoms with Crippen molar-refractivity contribution in [2.24, 2.45) is 0 Å². The van der Waals surface area contributed by atoms with Gasteiger partial charge in [-0.05, 0) is 56.7 Å². The molecule has 0 aliphatic carbocycles. The molecule has 8 nitrogen and oxygen atoms in total. The van der Waals surface area contributed by atoms with Crippen LogP contribution in [-0.4, -0.2) is 60.0 Å². The fourth-order valence-corrected chi connectivity index (χ4v) is 4.04. The predicted octanol–water partition coefficient (Wildman–Crippen LogP) is 3.38. The van der Waals surface area contributed by atoms with Gasteiger partial charge in [0.15, 0.2) is 11.5 Å².